The highest BCUT2D eigenvalue weighted by Crippen LogP contribution is 2.21. The zero-order chi connectivity index (χ0) is 18.6. The molecule has 26 heavy (non-hydrogen) atoms. The van der Waals surface area contributed by atoms with Crippen LogP contribution in [0.1, 0.15) is 12.0 Å². The number of hydrogen-bond donors (Lipinski definition) is 0. The number of halogens is 1. The molecule has 0 radical (unpaired) electrons. The molecule has 3 rings (SSSR count). The summed E-state index contributed by atoms with van der Waals surface area (Å²) in [5.74, 6) is 0.535. The van der Waals surface area contributed by atoms with E-state index in [0.717, 1.165) is 10.0 Å². The summed E-state index contributed by atoms with van der Waals surface area (Å²) in [4.78, 5) is 14.4. The Balaban J connectivity index is 1.71. The number of carbonyl (C=O) groups excluding carboxylic acids is 1. The van der Waals surface area contributed by atoms with Crippen molar-refractivity contribution in [2.24, 2.45) is 0 Å². The summed E-state index contributed by atoms with van der Waals surface area (Å²) >= 11 is 3.35. The summed E-state index contributed by atoms with van der Waals surface area (Å²) in [6.07, 6.45) is 0.471. The van der Waals surface area contributed by atoms with Gasteiger partial charge in [0.25, 0.3) is 5.91 Å². The number of amides is 1. The van der Waals surface area contributed by atoms with Gasteiger partial charge in [0.2, 0.25) is 0 Å². The highest BCUT2D eigenvalue weighted by atomic mass is 79.9. The molecule has 0 saturated carbocycles. The van der Waals surface area contributed by atoms with E-state index in [0.29, 0.717) is 18.7 Å². The SMILES string of the molecule is O=C(COc1ccc(Br)cc1)N(Cc1ccccc1)[C@@H]1CCS(=O)(=O)C1. The van der Waals surface area contributed by atoms with Crippen molar-refractivity contribution in [1.82, 2.24) is 4.90 Å². The minimum absolute atomic E-state index is 0.0177. The summed E-state index contributed by atoms with van der Waals surface area (Å²) in [7, 11) is -3.08. The Hall–Kier alpha value is -1.86. The molecule has 1 atom stereocenters. The molecule has 1 fully saturated rings. The zero-order valence-corrected chi connectivity index (χ0v) is 16.6. The number of benzene rings is 2. The van der Waals surface area contributed by atoms with Crippen LogP contribution in [0, 0.1) is 0 Å². The average Bonchev–Trinajstić information content (AvgIpc) is 2.99. The fraction of sp³-hybridized carbons (Fsp3) is 0.316. The molecule has 2 aromatic rings. The molecule has 1 aliphatic rings. The number of sulfone groups is 1. The van der Waals surface area contributed by atoms with Gasteiger partial charge in [0, 0.05) is 17.1 Å². The maximum atomic E-state index is 12.8. The molecular weight excluding hydrogens is 418 g/mol. The standard InChI is InChI=1S/C19H20BrNO4S/c20-16-6-8-18(9-7-16)25-13-19(22)21(12-15-4-2-1-3-5-15)17-10-11-26(23,24)14-17/h1-9,17H,10-14H2/t17-/m1/s1. The molecule has 0 unspecified atom stereocenters. The van der Waals surface area contributed by atoms with E-state index in [2.05, 4.69) is 15.9 Å². The Morgan fingerprint density at radius 2 is 1.81 bits per heavy atom. The second-order valence-electron chi connectivity index (χ2n) is 6.31. The summed E-state index contributed by atoms with van der Waals surface area (Å²) in [6, 6.07) is 16.5. The van der Waals surface area contributed by atoms with Gasteiger partial charge in [-0.05, 0) is 36.2 Å². The van der Waals surface area contributed by atoms with Crippen molar-refractivity contribution in [1.29, 1.82) is 0 Å². The lowest BCUT2D eigenvalue weighted by Crippen LogP contribution is -2.43. The van der Waals surface area contributed by atoms with Crippen molar-refractivity contribution in [3.05, 3.63) is 64.6 Å². The van der Waals surface area contributed by atoms with E-state index in [1.165, 1.54) is 0 Å². The first-order valence-electron chi connectivity index (χ1n) is 8.35. The van der Waals surface area contributed by atoms with Crippen molar-refractivity contribution >= 4 is 31.7 Å². The Morgan fingerprint density at radius 1 is 1.12 bits per heavy atom. The fourth-order valence-corrected chi connectivity index (χ4v) is 4.98. The smallest absolute Gasteiger partial charge is 0.261 e. The predicted octanol–water partition coefficient (Wildman–Crippen LogP) is 3.04. The van der Waals surface area contributed by atoms with Gasteiger partial charge in [0.1, 0.15) is 5.75 Å². The van der Waals surface area contributed by atoms with E-state index in [1.54, 1.807) is 17.0 Å². The van der Waals surface area contributed by atoms with Gasteiger partial charge in [-0.15, -0.1) is 0 Å². The summed E-state index contributed by atoms with van der Waals surface area (Å²) in [6.45, 7) is 0.259. The Labute approximate surface area is 162 Å². The molecule has 1 amide bonds. The van der Waals surface area contributed by atoms with E-state index < -0.39 is 9.84 Å². The molecule has 5 nitrogen and oxygen atoms in total. The van der Waals surface area contributed by atoms with Crippen LogP contribution in [-0.4, -0.2) is 43.4 Å². The summed E-state index contributed by atoms with van der Waals surface area (Å²) < 4.78 is 30.2. The van der Waals surface area contributed by atoms with Crippen LogP contribution < -0.4 is 4.74 Å². The maximum absolute atomic E-state index is 12.8. The van der Waals surface area contributed by atoms with Gasteiger partial charge in [-0.1, -0.05) is 46.3 Å². The van der Waals surface area contributed by atoms with Crippen molar-refractivity contribution < 1.29 is 17.9 Å². The number of nitrogens with zero attached hydrogens (tertiary/aromatic N) is 1. The Bertz CT molecular complexity index is 853. The lowest BCUT2D eigenvalue weighted by molar-refractivity contribution is -0.136. The Morgan fingerprint density at radius 3 is 2.42 bits per heavy atom. The molecule has 1 saturated heterocycles. The number of hydrogen-bond acceptors (Lipinski definition) is 4. The molecular formula is C19H20BrNO4S. The average molecular weight is 438 g/mol. The van der Waals surface area contributed by atoms with Crippen molar-refractivity contribution in [3.8, 4) is 5.75 Å². The molecule has 0 aliphatic carbocycles. The third-order valence-corrected chi connectivity index (χ3v) is 6.62. The highest BCUT2D eigenvalue weighted by molar-refractivity contribution is 9.10. The van der Waals surface area contributed by atoms with E-state index in [9.17, 15) is 13.2 Å². The zero-order valence-electron chi connectivity index (χ0n) is 14.2. The predicted molar refractivity (Wildman–Crippen MR) is 104 cm³/mol. The molecule has 2 aromatic carbocycles. The van der Waals surface area contributed by atoms with E-state index >= 15 is 0 Å². The van der Waals surface area contributed by atoms with Crippen molar-refractivity contribution in [3.63, 3.8) is 0 Å². The molecule has 1 heterocycles. The number of rotatable bonds is 6. The van der Waals surface area contributed by atoms with Crippen LogP contribution >= 0.6 is 15.9 Å². The molecule has 0 bridgehead atoms. The van der Waals surface area contributed by atoms with Crippen molar-refractivity contribution in [2.45, 2.75) is 19.0 Å². The maximum Gasteiger partial charge on any atom is 0.261 e. The number of carbonyl (C=O) groups is 1. The molecule has 1 aliphatic heterocycles. The van der Waals surface area contributed by atoms with Crippen LogP contribution in [0.3, 0.4) is 0 Å². The first-order chi connectivity index (χ1) is 12.4. The van der Waals surface area contributed by atoms with E-state index in [-0.39, 0.29) is 30.1 Å². The van der Waals surface area contributed by atoms with Crippen LogP contribution in [0.5, 0.6) is 5.75 Å². The van der Waals surface area contributed by atoms with Crippen LogP contribution in [0.25, 0.3) is 0 Å². The topological polar surface area (TPSA) is 63.7 Å². The van der Waals surface area contributed by atoms with Crippen LogP contribution in [0.15, 0.2) is 59.1 Å². The molecule has 138 valence electrons. The van der Waals surface area contributed by atoms with Crippen LogP contribution in [-0.2, 0) is 21.2 Å². The number of ether oxygens (including phenoxy) is 1. The first kappa shape index (κ1) is 18.9. The third-order valence-electron chi connectivity index (χ3n) is 4.34. The monoisotopic (exact) mass is 437 g/mol. The summed E-state index contributed by atoms with van der Waals surface area (Å²) in [5, 5.41) is 0. The van der Waals surface area contributed by atoms with Gasteiger partial charge >= 0.3 is 0 Å². The first-order valence-corrected chi connectivity index (χ1v) is 11.0. The van der Waals surface area contributed by atoms with Crippen molar-refractivity contribution in [2.75, 3.05) is 18.1 Å². The molecule has 0 N–H and O–H groups in total. The van der Waals surface area contributed by atoms with Gasteiger partial charge in [-0.3, -0.25) is 4.79 Å². The highest BCUT2D eigenvalue weighted by Gasteiger charge is 2.34. The lowest BCUT2D eigenvalue weighted by atomic mass is 10.1. The van der Waals surface area contributed by atoms with Gasteiger partial charge < -0.3 is 9.64 Å². The van der Waals surface area contributed by atoms with Crippen LogP contribution in [0.4, 0.5) is 0 Å². The minimum Gasteiger partial charge on any atom is -0.484 e. The normalized spacial score (nSPS) is 18.4. The van der Waals surface area contributed by atoms with Crippen LogP contribution in [0.2, 0.25) is 0 Å². The van der Waals surface area contributed by atoms with Gasteiger partial charge in [0.05, 0.1) is 11.5 Å². The fourth-order valence-electron chi connectivity index (χ4n) is 2.98. The lowest BCUT2D eigenvalue weighted by Gasteiger charge is -2.28. The van der Waals surface area contributed by atoms with E-state index in [4.69, 9.17) is 4.74 Å². The van der Waals surface area contributed by atoms with Gasteiger partial charge in [0.15, 0.2) is 16.4 Å². The summed E-state index contributed by atoms with van der Waals surface area (Å²) in [5.41, 5.74) is 0.966. The molecule has 7 heteroatoms. The third kappa shape index (κ3) is 5.08. The second kappa shape index (κ2) is 8.22. The molecule has 0 spiro atoms. The minimum atomic E-state index is -3.08. The van der Waals surface area contributed by atoms with E-state index in [1.807, 2.05) is 42.5 Å². The Kier molecular flexibility index (Phi) is 5.98. The molecule has 0 aromatic heterocycles. The van der Waals surface area contributed by atoms with Gasteiger partial charge in [-0.25, -0.2) is 8.42 Å². The largest absolute Gasteiger partial charge is 0.484 e. The second-order valence-corrected chi connectivity index (χ2v) is 9.45. The quantitative estimate of drug-likeness (QED) is 0.696. The van der Waals surface area contributed by atoms with Gasteiger partial charge in [-0.2, -0.15) is 0 Å².